The predicted octanol–water partition coefficient (Wildman–Crippen LogP) is -0.0210. The molecule has 82 valence electrons. The largest absolute Gasteiger partial charge is 0.481 e. The number of aliphatic carboxylic acids is 1. The molecule has 1 fully saturated rings. The highest BCUT2D eigenvalue weighted by Crippen LogP contribution is 2.15. The maximum Gasteiger partial charge on any atom is 0.309 e. The quantitative estimate of drug-likeness (QED) is 0.757. The molecule has 5 nitrogen and oxygen atoms in total. The average Bonchev–Trinajstić information content (AvgIpc) is 2.48. The van der Waals surface area contributed by atoms with Gasteiger partial charge in [-0.1, -0.05) is 0 Å². The van der Waals surface area contributed by atoms with Crippen LogP contribution in [0.3, 0.4) is 0 Å². The first-order valence-corrected chi connectivity index (χ1v) is 5.08. The monoisotopic (exact) mass is 209 g/mol. The summed E-state index contributed by atoms with van der Waals surface area (Å²) in [5.41, 5.74) is 0. The SMILES string of the molecule is Cn1ccnc1CCN1CC(C(=O)O)C1. The van der Waals surface area contributed by atoms with Gasteiger partial charge in [0.15, 0.2) is 0 Å². The summed E-state index contributed by atoms with van der Waals surface area (Å²) in [6.45, 7) is 2.26. The Labute approximate surface area is 88.3 Å². The number of carbonyl (C=O) groups is 1. The fourth-order valence-electron chi connectivity index (χ4n) is 1.80. The molecule has 0 aromatic carbocycles. The van der Waals surface area contributed by atoms with Gasteiger partial charge in [-0.15, -0.1) is 0 Å². The minimum absolute atomic E-state index is 0.161. The topological polar surface area (TPSA) is 58.4 Å². The molecule has 0 atom stereocenters. The van der Waals surface area contributed by atoms with Crippen LogP contribution in [0.4, 0.5) is 0 Å². The Morgan fingerprint density at radius 3 is 2.93 bits per heavy atom. The molecule has 0 unspecified atom stereocenters. The van der Waals surface area contributed by atoms with E-state index < -0.39 is 5.97 Å². The smallest absolute Gasteiger partial charge is 0.309 e. The van der Waals surface area contributed by atoms with Crippen LogP contribution >= 0.6 is 0 Å². The lowest BCUT2D eigenvalue weighted by Gasteiger charge is -2.36. The van der Waals surface area contributed by atoms with Gasteiger partial charge in [0.25, 0.3) is 0 Å². The maximum atomic E-state index is 10.6. The number of imidazole rings is 1. The number of carboxylic acids is 1. The molecule has 2 heterocycles. The van der Waals surface area contributed by atoms with E-state index in [0.29, 0.717) is 13.1 Å². The molecule has 1 N–H and O–H groups in total. The summed E-state index contributed by atoms with van der Waals surface area (Å²) in [4.78, 5) is 16.9. The van der Waals surface area contributed by atoms with Crippen LogP contribution in [0.2, 0.25) is 0 Å². The Kier molecular flexibility index (Phi) is 2.73. The van der Waals surface area contributed by atoms with Crippen LogP contribution in [-0.4, -0.2) is 45.2 Å². The zero-order valence-corrected chi connectivity index (χ0v) is 8.76. The van der Waals surface area contributed by atoms with E-state index >= 15 is 0 Å². The van der Waals surface area contributed by atoms with E-state index in [1.807, 2.05) is 17.8 Å². The molecule has 1 aliphatic heterocycles. The van der Waals surface area contributed by atoms with E-state index in [9.17, 15) is 4.79 Å². The minimum Gasteiger partial charge on any atom is -0.481 e. The normalized spacial score (nSPS) is 17.7. The van der Waals surface area contributed by atoms with Gasteiger partial charge in [0, 0.05) is 45.5 Å². The minimum atomic E-state index is -0.678. The zero-order chi connectivity index (χ0) is 10.8. The van der Waals surface area contributed by atoms with Gasteiger partial charge in [0.1, 0.15) is 5.82 Å². The fraction of sp³-hybridized carbons (Fsp3) is 0.600. The Bertz CT molecular complexity index is 355. The van der Waals surface area contributed by atoms with Crippen molar-refractivity contribution in [1.29, 1.82) is 0 Å². The van der Waals surface area contributed by atoms with Crippen molar-refractivity contribution in [3.8, 4) is 0 Å². The van der Waals surface area contributed by atoms with E-state index in [1.165, 1.54) is 0 Å². The standard InChI is InChI=1S/C10H15N3O2/c1-12-5-3-11-9(12)2-4-13-6-8(7-13)10(14)15/h3,5,8H,2,4,6-7H2,1H3,(H,14,15). The van der Waals surface area contributed by atoms with Crippen molar-refractivity contribution in [2.45, 2.75) is 6.42 Å². The number of aromatic nitrogens is 2. The van der Waals surface area contributed by atoms with Gasteiger partial charge in [0.2, 0.25) is 0 Å². The summed E-state index contributed by atoms with van der Waals surface area (Å²) in [5.74, 6) is 0.211. The summed E-state index contributed by atoms with van der Waals surface area (Å²) >= 11 is 0. The first-order valence-electron chi connectivity index (χ1n) is 5.08. The van der Waals surface area contributed by atoms with Crippen LogP contribution in [0, 0.1) is 5.92 Å². The number of likely N-dealkylation sites (tertiary alicyclic amines) is 1. The van der Waals surface area contributed by atoms with E-state index in [1.54, 1.807) is 6.20 Å². The molecular weight excluding hydrogens is 194 g/mol. The van der Waals surface area contributed by atoms with Crippen LogP contribution in [0.1, 0.15) is 5.82 Å². The van der Waals surface area contributed by atoms with Gasteiger partial charge in [-0.2, -0.15) is 0 Å². The highest BCUT2D eigenvalue weighted by Gasteiger charge is 2.31. The van der Waals surface area contributed by atoms with Crippen LogP contribution in [0.5, 0.6) is 0 Å². The van der Waals surface area contributed by atoms with Gasteiger partial charge in [-0.25, -0.2) is 4.98 Å². The number of carboxylic acid groups (broad SMARTS) is 1. The summed E-state index contributed by atoms with van der Waals surface area (Å²) < 4.78 is 1.99. The zero-order valence-electron chi connectivity index (χ0n) is 8.76. The van der Waals surface area contributed by atoms with E-state index in [0.717, 1.165) is 18.8 Å². The first kappa shape index (κ1) is 10.2. The van der Waals surface area contributed by atoms with Crippen molar-refractivity contribution in [3.05, 3.63) is 18.2 Å². The Morgan fingerprint density at radius 1 is 1.67 bits per heavy atom. The molecule has 0 aliphatic carbocycles. The highest BCUT2D eigenvalue weighted by molar-refractivity contribution is 5.71. The molecule has 0 radical (unpaired) electrons. The summed E-state index contributed by atoms with van der Waals surface area (Å²) in [6.07, 6.45) is 4.59. The van der Waals surface area contributed by atoms with E-state index in [2.05, 4.69) is 9.88 Å². The number of aryl methyl sites for hydroxylation is 1. The fourth-order valence-corrected chi connectivity index (χ4v) is 1.80. The second-order valence-electron chi connectivity index (χ2n) is 4.00. The molecule has 1 aromatic heterocycles. The molecule has 1 aromatic rings. The van der Waals surface area contributed by atoms with Gasteiger partial charge in [-0.05, 0) is 0 Å². The van der Waals surface area contributed by atoms with Crippen LogP contribution in [-0.2, 0) is 18.3 Å². The van der Waals surface area contributed by atoms with Crippen molar-refractivity contribution >= 4 is 5.97 Å². The Hall–Kier alpha value is -1.36. The van der Waals surface area contributed by atoms with E-state index in [-0.39, 0.29) is 5.92 Å². The number of hydrogen-bond donors (Lipinski definition) is 1. The second kappa shape index (κ2) is 4.02. The van der Waals surface area contributed by atoms with E-state index in [4.69, 9.17) is 5.11 Å². The molecule has 0 bridgehead atoms. The molecule has 0 saturated carbocycles. The molecule has 0 spiro atoms. The number of nitrogens with zero attached hydrogens (tertiary/aromatic N) is 3. The third-order valence-corrected chi connectivity index (χ3v) is 2.88. The molecule has 15 heavy (non-hydrogen) atoms. The highest BCUT2D eigenvalue weighted by atomic mass is 16.4. The Morgan fingerprint density at radius 2 is 2.40 bits per heavy atom. The molecule has 0 amide bonds. The van der Waals surface area contributed by atoms with Gasteiger partial charge in [-0.3, -0.25) is 4.79 Å². The molecular formula is C10H15N3O2. The number of hydrogen-bond acceptors (Lipinski definition) is 3. The number of rotatable bonds is 4. The lowest BCUT2D eigenvalue weighted by atomic mass is 10.0. The third kappa shape index (κ3) is 2.18. The van der Waals surface area contributed by atoms with Crippen molar-refractivity contribution < 1.29 is 9.90 Å². The predicted molar refractivity (Wildman–Crippen MR) is 54.5 cm³/mol. The summed E-state index contributed by atoms with van der Waals surface area (Å²) in [7, 11) is 1.97. The maximum absolute atomic E-state index is 10.6. The van der Waals surface area contributed by atoms with Gasteiger partial charge >= 0.3 is 5.97 Å². The summed E-state index contributed by atoms with van der Waals surface area (Å²) in [5, 5.41) is 8.70. The molecule has 5 heteroatoms. The third-order valence-electron chi connectivity index (χ3n) is 2.88. The van der Waals surface area contributed by atoms with Crippen molar-refractivity contribution in [1.82, 2.24) is 14.5 Å². The lowest BCUT2D eigenvalue weighted by molar-refractivity contribution is -0.147. The van der Waals surface area contributed by atoms with Crippen molar-refractivity contribution in [2.24, 2.45) is 13.0 Å². The van der Waals surface area contributed by atoms with Crippen LogP contribution < -0.4 is 0 Å². The molecule has 1 saturated heterocycles. The van der Waals surface area contributed by atoms with Crippen molar-refractivity contribution in [3.63, 3.8) is 0 Å². The first-order chi connectivity index (χ1) is 7.16. The summed E-state index contributed by atoms with van der Waals surface area (Å²) in [6, 6.07) is 0. The van der Waals surface area contributed by atoms with Gasteiger partial charge < -0.3 is 14.6 Å². The van der Waals surface area contributed by atoms with Crippen LogP contribution in [0.25, 0.3) is 0 Å². The lowest BCUT2D eigenvalue weighted by Crippen LogP contribution is -2.50. The Balaban J connectivity index is 1.73. The van der Waals surface area contributed by atoms with Crippen LogP contribution in [0.15, 0.2) is 12.4 Å². The van der Waals surface area contributed by atoms with Gasteiger partial charge in [0.05, 0.1) is 5.92 Å². The average molecular weight is 209 g/mol. The van der Waals surface area contributed by atoms with Crippen molar-refractivity contribution in [2.75, 3.05) is 19.6 Å². The molecule has 2 rings (SSSR count). The molecule has 1 aliphatic rings. The second-order valence-corrected chi connectivity index (χ2v) is 4.00.